The molecule has 0 saturated carbocycles. The van der Waals surface area contributed by atoms with Crippen LogP contribution in [0.5, 0.6) is 5.75 Å². The molecule has 1 saturated heterocycles. The first-order valence-electron chi connectivity index (χ1n) is 12.2. The minimum Gasteiger partial charge on any atom is -0.494 e. The summed E-state index contributed by atoms with van der Waals surface area (Å²) in [7, 11) is -1.87. The third-order valence-electron chi connectivity index (χ3n) is 6.41. The molecule has 1 N–H and O–H groups in total. The highest BCUT2D eigenvalue weighted by atomic mass is 32.2. The summed E-state index contributed by atoms with van der Waals surface area (Å²) in [5.74, 6) is 0.591. The van der Waals surface area contributed by atoms with Gasteiger partial charge in [-0.3, -0.25) is 9.69 Å². The van der Waals surface area contributed by atoms with Gasteiger partial charge in [0.15, 0.2) is 5.13 Å². The van der Waals surface area contributed by atoms with Gasteiger partial charge < -0.3 is 15.0 Å². The van der Waals surface area contributed by atoms with Crippen LogP contribution in [0.15, 0.2) is 47.4 Å². The number of fused-ring (bicyclic) bond motifs is 1. The van der Waals surface area contributed by atoms with E-state index < -0.39 is 10.0 Å². The van der Waals surface area contributed by atoms with Crippen LogP contribution in [0.1, 0.15) is 24.2 Å². The van der Waals surface area contributed by atoms with Crippen LogP contribution in [0.25, 0.3) is 10.2 Å². The van der Waals surface area contributed by atoms with Gasteiger partial charge in [-0.05, 0) is 36.4 Å². The molecule has 2 aromatic carbocycles. The number of piperazine rings is 1. The van der Waals surface area contributed by atoms with E-state index >= 15 is 0 Å². The Hall–Kier alpha value is -2.73. The van der Waals surface area contributed by atoms with E-state index in [0.717, 1.165) is 53.8 Å². The van der Waals surface area contributed by atoms with Crippen molar-refractivity contribution in [2.45, 2.75) is 18.7 Å². The largest absolute Gasteiger partial charge is 0.494 e. The topological polar surface area (TPSA) is 95.1 Å². The minimum absolute atomic E-state index is 0.201. The number of aromatic nitrogens is 1. The lowest BCUT2D eigenvalue weighted by Crippen LogP contribution is -2.48. The lowest BCUT2D eigenvalue weighted by Gasteiger charge is -2.34. The van der Waals surface area contributed by atoms with Gasteiger partial charge in [-0.1, -0.05) is 31.3 Å². The van der Waals surface area contributed by atoms with Crippen molar-refractivity contribution in [1.29, 1.82) is 0 Å². The van der Waals surface area contributed by atoms with E-state index in [-0.39, 0.29) is 10.8 Å². The molecule has 9 nitrogen and oxygen atoms in total. The Morgan fingerprint density at radius 3 is 2.42 bits per heavy atom. The Kier molecular flexibility index (Phi) is 8.45. The summed E-state index contributed by atoms with van der Waals surface area (Å²) in [6.45, 7) is 9.23. The van der Waals surface area contributed by atoms with Crippen LogP contribution >= 0.6 is 11.3 Å². The summed E-state index contributed by atoms with van der Waals surface area (Å²) in [4.78, 5) is 22.2. The average molecular weight is 532 g/mol. The second-order valence-electron chi connectivity index (χ2n) is 8.50. The molecular weight excluding hydrogens is 498 g/mol. The summed E-state index contributed by atoms with van der Waals surface area (Å²) in [6.07, 6.45) is 0. The molecule has 0 radical (unpaired) electrons. The first-order chi connectivity index (χ1) is 17.4. The number of anilines is 1. The zero-order chi connectivity index (χ0) is 25.7. The number of ether oxygens (including phenoxy) is 1. The number of amides is 1. The fourth-order valence-electron chi connectivity index (χ4n) is 4.29. The predicted molar refractivity (Wildman–Crippen MR) is 144 cm³/mol. The molecule has 1 aliphatic heterocycles. The molecule has 2 heterocycles. The molecule has 0 bridgehead atoms. The molecular formula is C25H33N5O4S2. The van der Waals surface area contributed by atoms with E-state index in [1.54, 1.807) is 44.4 Å². The van der Waals surface area contributed by atoms with Gasteiger partial charge in [0.05, 0.1) is 16.7 Å². The molecule has 0 aliphatic carbocycles. The normalized spacial score (nSPS) is 14.9. The molecule has 36 heavy (non-hydrogen) atoms. The van der Waals surface area contributed by atoms with Crippen molar-refractivity contribution >= 4 is 42.6 Å². The van der Waals surface area contributed by atoms with E-state index in [4.69, 9.17) is 9.72 Å². The second-order valence-corrected chi connectivity index (χ2v) is 11.4. The molecule has 4 rings (SSSR count). The summed E-state index contributed by atoms with van der Waals surface area (Å²) < 4.78 is 33.2. The molecule has 0 atom stereocenters. The molecule has 3 aromatic rings. The van der Waals surface area contributed by atoms with Crippen LogP contribution in [0.2, 0.25) is 0 Å². The fourth-order valence-corrected chi connectivity index (χ4v) is 6.79. The molecule has 1 fully saturated rings. The maximum absolute atomic E-state index is 12.6. The lowest BCUT2D eigenvalue weighted by atomic mass is 10.2. The van der Waals surface area contributed by atoms with Crippen LogP contribution in [0, 0.1) is 0 Å². The van der Waals surface area contributed by atoms with Gasteiger partial charge >= 0.3 is 0 Å². The third kappa shape index (κ3) is 5.64. The number of thiazole rings is 1. The maximum Gasteiger partial charge on any atom is 0.251 e. The van der Waals surface area contributed by atoms with Crippen molar-refractivity contribution in [3.8, 4) is 5.75 Å². The van der Waals surface area contributed by atoms with Gasteiger partial charge in [-0.25, -0.2) is 13.4 Å². The quantitative estimate of drug-likeness (QED) is 0.430. The number of sulfonamides is 1. The Balaban J connectivity index is 1.25. The summed E-state index contributed by atoms with van der Waals surface area (Å²) in [6, 6.07) is 12.1. The van der Waals surface area contributed by atoms with Gasteiger partial charge in [0.25, 0.3) is 5.91 Å². The van der Waals surface area contributed by atoms with Crippen LogP contribution in [-0.2, 0) is 10.0 Å². The summed E-state index contributed by atoms with van der Waals surface area (Å²) in [5.41, 5.74) is 1.36. The molecule has 1 amide bonds. The van der Waals surface area contributed by atoms with E-state index in [2.05, 4.69) is 21.2 Å². The number of carbonyl (C=O) groups excluding carboxylic acids is 1. The molecule has 194 valence electrons. The number of nitrogens with one attached hydrogen (secondary N) is 1. The molecule has 0 unspecified atom stereocenters. The van der Waals surface area contributed by atoms with Crippen molar-refractivity contribution in [2.24, 2.45) is 0 Å². The maximum atomic E-state index is 12.6. The van der Waals surface area contributed by atoms with Crippen molar-refractivity contribution in [1.82, 2.24) is 19.5 Å². The van der Waals surface area contributed by atoms with Gasteiger partial charge in [0, 0.05) is 57.9 Å². The summed E-state index contributed by atoms with van der Waals surface area (Å²) in [5, 5.41) is 3.95. The number of rotatable bonds is 10. The Labute approximate surface area is 216 Å². The van der Waals surface area contributed by atoms with Crippen LogP contribution in [0.3, 0.4) is 0 Å². The minimum atomic E-state index is -3.53. The first kappa shape index (κ1) is 26.3. The fraction of sp³-hybridized carbons (Fsp3) is 0.440. The number of carbonyl (C=O) groups is 1. The lowest BCUT2D eigenvalue weighted by molar-refractivity contribution is 0.0947. The highest BCUT2D eigenvalue weighted by Crippen LogP contribution is 2.34. The second kappa shape index (κ2) is 11.5. The monoisotopic (exact) mass is 531 g/mol. The standard InChI is InChI=1S/C25H33N5O4S2/c1-4-30(5-2)36(32,33)20-11-9-19(10-12-20)24(31)26-13-14-28-15-17-29(18-16-28)25-27-23-21(34-3)7-6-8-22(23)35-25/h6-12H,4-5,13-18H2,1-3H3,(H,26,31). The van der Waals surface area contributed by atoms with Gasteiger partial charge in [-0.15, -0.1) is 0 Å². The van der Waals surface area contributed by atoms with Crippen molar-refractivity contribution in [3.05, 3.63) is 48.0 Å². The van der Waals surface area contributed by atoms with E-state index in [1.807, 2.05) is 12.1 Å². The zero-order valence-corrected chi connectivity index (χ0v) is 22.6. The van der Waals surface area contributed by atoms with Crippen LogP contribution < -0.4 is 15.0 Å². The first-order valence-corrected chi connectivity index (χ1v) is 14.4. The number of benzene rings is 2. The van der Waals surface area contributed by atoms with Gasteiger partial charge in [-0.2, -0.15) is 4.31 Å². The zero-order valence-electron chi connectivity index (χ0n) is 20.9. The molecule has 1 aliphatic rings. The van der Waals surface area contributed by atoms with Crippen LogP contribution in [-0.4, -0.2) is 88.0 Å². The third-order valence-corrected chi connectivity index (χ3v) is 9.55. The van der Waals surface area contributed by atoms with Gasteiger partial charge in [0.2, 0.25) is 10.0 Å². The van der Waals surface area contributed by atoms with Crippen LogP contribution in [0.4, 0.5) is 5.13 Å². The predicted octanol–water partition coefficient (Wildman–Crippen LogP) is 2.89. The number of nitrogens with zero attached hydrogens (tertiary/aromatic N) is 4. The highest BCUT2D eigenvalue weighted by Gasteiger charge is 2.22. The van der Waals surface area contributed by atoms with Crippen molar-refractivity contribution < 1.29 is 17.9 Å². The van der Waals surface area contributed by atoms with Gasteiger partial charge in [0.1, 0.15) is 11.3 Å². The average Bonchev–Trinajstić information content (AvgIpc) is 3.34. The number of methoxy groups -OCH3 is 1. The van der Waals surface area contributed by atoms with E-state index in [0.29, 0.717) is 25.2 Å². The van der Waals surface area contributed by atoms with Crippen molar-refractivity contribution in [3.63, 3.8) is 0 Å². The Morgan fingerprint density at radius 1 is 1.08 bits per heavy atom. The Morgan fingerprint density at radius 2 is 1.78 bits per heavy atom. The molecule has 0 spiro atoms. The molecule has 1 aromatic heterocycles. The SMILES string of the molecule is CCN(CC)S(=O)(=O)c1ccc(C(=O)NCCN2CCN(c3nc4c(OC)cccc4s3)CC2)cc1. The Bertz CT molecular complexity index is 1280. The smallest absolute Gasteiger partial charge is 0.251 e. The highest BCUT2D eigenvalue weighted by molar-refractivity contribution is 7.89. The van der Waals surface area contributed by atoms with E-state index in [9.17, 15) is 13.2 Å². The van der Waals surface area contributed by atoms with Crippen molar-refractivity contribution in [2.75, 3.05) is 64.4 Å². The molecule has 11 heteroatoms. The van der Waals surface area contributed by atoms with E-state index in [1.165, 1.54) is 16.4 Å². The summed E-state index contributed by atoms with van der Waals surface area (Å²) >= 11 is 1.68. The number of hydrogen-bond donors (Lipinski definition) is 1. The number of hydrogen-bond acceptors (Lipinski definition) is 8. The number of para-hydroxylation sites is 1.